The Morgan fingerprint density at radius 3 is 2.89 bits per heavy atom. The zero-order chi connectivity index (χ0) is 13.0. The minimum absolute atomic E-state index is 0.0994. The first kappa shape index (κ1) is 12.0. The largest absolute Gasteiger partial charge is 0.462 e. The topological polar surface area (TPSA) is 91.0 Å². The van der Waals surface area contributed by atoms with Crippen LogP contribution in [0.1, 0.15) is 17.3 Å². The number of esters is 1. The molecule has 0 aromatic carbocycles. The van der Waals surface area contributed by atoms with Crippen LogP contribution in [-0.4, -0.2) is 27.5 Å². The molecule has 0 spiro atoms. The Labute approximate surface area is 104 Å². The van der Waals surface area contributed by atoms with Crippen molar-refractivity contribution in [1.82, 2.24) is 15.0 Å². The van der Waals surface area contributed by atoms with Gasteiger partial charge in [0.05, 0.1) is 6.61 Å². The molecule has 0 radical (unpaired) electrons. The molecule has 0 aliphatic rings. The average molecular weight is 244 g/mol. The highest BCUT2D eigenvalue weighted by atomic mass is 16.5. The lowest BCUT2D eigenvalue weighted by molar-refractivity contribution is 0.0527. The number of carbonyl (C=O) groups is 1. The van der Waals surface area contributed by atoms with Gasteiger partial charge in [-0.25, -0.2) is 14.8 Å². The average Bonchev–Trinajstić information content (AvgIpc) is 2.40. The van der Waals surface area contributed by atoms with Gasteiger partial charge < -0.3 is 10.5 Å². The minimum atomic E-state index is -0.521. The molecule has 0 atom stereocenters. The third-order valence-electron chi connectivity index (χ3n) is 2.23. The second-order valence-electron chi connectivity index (χ2n) is 3.45. The van der Waals surface area contributed by atoms with E-state index in [9.17, 15) is 4.79 Å². The van der Waals surface area contributed by atoms with Gasteiger partial charge in [0.2, 0.25) is 0 Å². The summed E-state index contributed by atoms with van der Waals surface area (Å²) in [5.41, 5.74) is 6.62. The normalized spacial score (nSPS) is 10.1. The zero-order valence-corrected chi connectivity index (χ0v) is 9.83. The monoisotopic (exact) mass is 244 g/mol. The van der Waals surface area contributed by atoms with Crippen molar-refractivity contribution < 1.29 is 9.53 Å². The number of anilines is 1. The molecule has 18 heavy (non-hydrogen) atoms. The van der Waals surface area contributed by atoms with Crippen molar-refractivity contribution in [2.24, 2.45) is 0 Å². The Kier molecular flexibility index (Phi) is 3.47. The van der Waals surface area contributed by atoms with Crippen LogP contribution in [0.25, 0.3) is 11.4 Å². The summed E-state index contributed by atoms with van der Waals surface area (Å²) < 4.78 is 4.84. The highest BCUT2D eigenvalue weighted by Gasteiger charge is 2.14. The Bertz CT molecular complexity index is 557. The van der Waals surface area contributed by atoms with Crippen LogP contribution in [0, 0.1) is 0 Å². The molecule has 0 bridgehead atoms. The van der Waals surface area contributed by atoms with Crippen LogP contribution in [0.3, 0.4) is 0 Å². The first-order valence-electron chi connectivity index (χ1n) is 5.42. The first-order valence-corrected chi connectivity index (χ1v) is 5.42. The Hall–Kier alpha value is -2.50. The summed E-state index contributed by atoms with van der Waals surface area (Å²) in [7, 11) is 0. The van der Waals surface area contributed by atoms with Gasteiger partial charge in [0, 0.05) is 24.2 Å². The lowest BCUT2D eigenvalue weighted by atomic mass is 10.2. The van der Waals surface area contributed by atoms with Crippen LogP contribution in [0.15, 0.2) is 30.7 Å². The fourth-order valence-corrected chi connectivity index (χ4v) is 1.40. The zero-order valence-electron chi connectivity index (χ0n) is 9.83. The summed E-state index contributed by atoms with van der Waals surface area (Å²) in [5.74, 6) is 0.00342. The molecule has 2 N–H and O–H groups in total. The number of hydrogen-bond acceptors (Lipinski definition) is 6. The number of aromatic nitrogens is 3. The summed E-state index contributed by atoms with van der Waals surface area (Å²) in [5, 5.41) is 0. The summed E-state index contributed by atoms with van der Waals surface area (Å²) in [6.07, 6.45) is 4.64. The lowest BCUT2D eigenvalue weighted by Crippen LogP contribution is -2.10. The third kappa shape index (κ3) is 2.42. The van der Waals surface area contributed by atoms with Gasteiger partial charge in [0.15, 0.2) is 5.82 Å². The molecular formula is C12H12N4O2. The van der Waals surface area contributed by atoms with Crippen LogP contribution in [0.2, 0.25) is 0 Å². The fourth-order valence-electron chi connectivity index (χ4n) is 1.40. The van der Waals surface area contributed by atoms with Gasteiger partial charge in [0.1, 0.15) is 11.4 Å². The van der Waals surface area contributed by atoms with Crippen LogP contribution in [0.5, 0.6) is 0 Å². The molecule has 0 saturated heterocycles. The van der Waals surface area contributed by atoms with E-state index in [1.165, 1.54) is 6.20 Å². The third-order valence-corrected chi connectivity index (χ3v) is 2.23. The highest BCUT2D eigenvalue weighted by molar-refractivity contribution is 5.94. The van der Waals surface area contributed by atoms with E-state index < -0.39 is 5.97 Å². The second kappa shape index (κ2) is 5.22. The molecule has 2 rings (SSSR count). The summed E-state index contributed by atoms with van der Waals surface area (Å²) in [4.78, 5) is 23.6. The lowest BCUT2D eigenvalue weighted by Gasteiger charge is -2.05. The molecule has 0 aliphatic heterocycles. The van der Waals surface area contributed by atoms with E-state index in [-0.39, 0.29) is 18.0 Å². The number of nitrogens with two attached hydrogens (primary N) is 1. The van der Waals surface area contributed by atoms with Crippen molar-refractivity contribution in [3.05, 3.63) is 36.3 Å². The Balaban J connectivity index is 2.34. The molecule has 2 heterocycles. The standard InChI is InChI=1S/C12H12N4O2/c1-2-18-12(17)9-7-15-11(16-10(9)13)8-4-3-5-14-6-8/h3-7H,2H2,1H3,(H2,13,15,16). The first-order chi connectivity index (χ1) is 8.72. The van der Waals surface area contributed by atoms with E-state index in [4.69, 9.17) is 10.5 Å². The second-order valence-corrected chi connectivity index (χ2v) is 3.45. The summed E-state index contributed by atoms with van der Waals surface area (Å²) in [6.45, 7) is 2.00. The molecule has 6 heteroatoms. The molecule has 6 nitrogen and oxygen atoms in total. The molecule has 2 aromatic heterocycles. The fraction of sp³-hybridized carbons (Fsp3) is 0.167. The van der Waals surface area contributed by atoms with Gasteiger partial charge in [-0.05, 0) is 19.1 Å². The Morgan fingerprint density at radius 2 is 2.28 bits per heavy atom. The van der Waals surface area contributed by atoms with Crippen molar-refractivity contribution >= 4 is 11.8 Å². The number of nitrogens with zero attached hydrogens (tertiary/aromatic N) is 3. The summed E-state index contributed by atoms with van der Waals surface area (Å²) >= 11 is 0. The van der Waals surface area contributed by atoms with Crippen molar-refractivity contribution in [2.45, 2.75) is 6.92 Å². The van der Waals surface area contributed by atoms with Crippen molar-refractivity contribution in [1.29, 1.82) is 0 Å². The molecule has 0 saturated carbocycles. The van der Waals surface area contributed by atoms with Crippen LogP contribution in [0.4, 0.5) is 5.82 Å². The molecule has 0 amide bonds. The smallest absolute Gasteiger partial charge is 0.343 e. The quantitative estimate of drug-likeness (QED) is 0.818. The van der Waals surface area contributed by atoms with Crippen molar-refractivity contribution in [3.8, 4) is 11.4 Å². The van der Waals surface area contributed by atoms with E-state index in [1.54, 1.807) is 25.4 Å². The van der Waals surface area contributed by atoms with Gasteiger partial charge >= 0.3 is 5.97 Å². The maximum Gasteiger partial charge on any atom is 0.343 e. The van der Waals surface area contributed by atoms with Gasteiger partial charge in [-0.1, -0.05) is 0 Å². The number of carbonyl (C=O) groups excluding carboxylic acids is 1. The van der Waals surface area contributed by atoms with Crippen LogP contribution >= 0.6 is 0 Å². The number of ether oxygens (including phenoxy) is 1. The van der Waals surface area contributed by atoms with Gasteiger partial charge in [-0.15, -0.1) is 0 Å². The van der Waals surface area contributed by atoms with Crippen molar-refractivity contribution in [3.63, 3.8) is 0 Å². The van der Waals surface area contributed by atoms with E-state index in [2.05, 4.69) is 15.0 Å². The number of nitrogen functional groups attached to an aromatic ring is 1. The van der Waals surface area contributed by atoms with E-state index in [1.807, 2.05) is 6.07 Å². The van der Waals surface area contributed by atoms with Gasteiger partial charge in [0.25, 0.3) is 0 Å². The number of hydrogen-bond donors (Lipinski definition) is 1. The molecule has 2 aromatic rings. The van der Waals surface area contributed by atoms with Crippen LogP contribution < -0.4 is 5.73 Å². The predicted octanol–water partition coefficient (Wildman–Crippen LogP) is 1.30. The maximum atomic E-state index is 11.5. The predicted molar refractivity (Wildman–Crippen MR) is 65.6 cm³/mol. The molecule has 0 unspecified atom stereocenters. The van der Waals surface area contributed by atoms with Crippen molar-refractivity contribution in [2.75, 3.05) is 12.3 Å². The summed E-state index contributed by atoms with van der Waals surface area (Å²) in [6, 6.07) is 3.58. The number of rotatable bonds is 3. The Morgan fingerprint density at radius 1 is 1.44 bits per heavy atom. The molecule has 0 aliphatic carbocycles. The molecular weight excluding hydrogens is 232 g/mol. The van der Waals surface area contributed by atoms with E-state index in [0.29, 0.717) is 5.82 Å². The van der Waals surface area contributed by atoms with E-state index in [0.717, 1.165) is 5.56 Å². The molecule has 92 valence electrons. The van der Waals surface area contributed by atoms with E-state index >= 15 is 0 Å². The SMILES string of the molecule is CCOC(=O)c1cnc(-c2cccnc2)nc1N. The minimum Gasteiger partial charge on any atom is -0.462 e. The highest BCUT2D eigenvalue weighted by Crippen LogP contribution is 2.16. The van der Waals surface area contributed by atoms with Crippen LogP contribution in [-0.2, 0) is 4.74 Å². The van der Waals surface area contributed by atoms with Gasteiger partial charge in [-0.3, -0.25) is 4.98 Å². The molecule has 0 fully saturated rings. The maximum absolute atomic E-state index is 11.5. The number of pyridine rings is 1. The van der Waals surface area contributed by atoms with Gasteiger partial charge in [-0.2, -0.15) is 0 Å².